The number of sulfonamides is 1. The van der Waals surface area contributed by atoms with Gasteiger partial charge in [0.1, 0.15) is 11.9 Å². The van der Waals surface area contributed by atoms with Crippen LogP contribution in [0.4, 0.5) is 13.2 Å². The topological polar surface area (TPSA) is 98.8 Å². The second-order valence-electron chi connectivity index (χ2n) is 5.02. The highest BCUT2D eigenvalue weighted by molar-refractivity contribution is 7.90. The van der Waals surface area contributed by atoms with Crippen molar-refractivity contribution in [2.45, 2.75) is 38.4 Å². The average molecular weight is 383 g/mol. The summed E-state index contributed by atoms with van der Waals surface area (Å²) in [6, 6.07) is 4.12. The summed E-state index contributed by atoms with van der Waals surface area (Å²) in [6.07, 6.45) is -1.45. The first-order valence-electron chi connectivity index (χ1n) is 6.88. The first-order chi connectivity index (χ1) is 11.3. The van der Waals surface area contributed by atoms with E-state index in [0.717, 1.165) is 20.8 Å². The van der Waals surface area contributed by atoms with Crippen LogP contribution in [0.3, 0.4) is 0 Å². The van der Waals surface area contributed by atoms with E-state index in [1.165, 1.54) is 29.0 Å². The summed E-state index contributed by atoms with van der Waals surface area (Å²) in [5, 5.41) is 0. The molecule has 0 aromatic heterocycles. The number of alkyl halides is 3. The van der Waals surface area contributed by atoms with Crippen LogP contribution >= 0.6 is 0 Å². The highest BCUT2D eigenvalue weighted by Crippen LogP contribution is 2.32. The molecule has 0 heterocycles. The van der Waals surface area contributed by atoms with Crippen LogP contribution in [0.15, 0.2) is 24.3 Å². The molecule has 2 atom stereocenters. The third-order valence-electron chi connectivity index (χ3n) is 2.87. The van der Waals surface area contributed by atoms with Crippen molar-refractivity contribution in [1.82, 2.24) is 4.72 Å². The number of benzene rings is 1. The predicted molar refractivity (Wildman–Crippen MR) is 79.8 cm³/mol. The van der Waals surface area contributed by atoms with Crippen LogP contribution in [0.25, 0.3) is 0 Å². The zero-order valence-corrected chi connectivity index (χ0v) is 14.3. The Bertz CT molecular complexity index is 747. The van der Waals surface area contributed by atoms with Gasteiger partial charge in [0.15, 0.2) is 0 Å². The van der Waals surface area contributed by atoms with Gasteiger partial charge in [-0.3, -0.25) is 9.59 Å². The van der Waals surface area contributed by atoms with Crippen LogP contribution in [-0.2, 0) is 24.3 Å². The molecule has 0 aliphatic rings. The van der Waals surface area contributed by atoms with Crippen molar-refractivity contribution >= 4 is 22.0 Å². The van der Waals surface area contributed by atoms with E-state index in [9.17, 15) is 31.2 Å². The molecule has 0 radical (unpaired) electrons. The average Bonchev–Trinajstić information content (AvgIpc) is 2.43. The normalized spacial score (nSPS) is 14.5. The Morgan fingerprint density at radius 1 is 1.12 bits per heavy atom. The van der Waals surface area contributed by atoms with Crippen molar-refractivity contribution in [2.75, 3.05) is 0 Å². The van der Waals surface area contributed by atoms with Gasteiger partial charge in [-0.15, -0.1) is 0 Å². The Morgan fingerprint density at radius 3 is 2.16 bits per heavy atom. The predicted octanol–water partition coefficient (Wildman–Crippen LogP) is 2.04. The molecule has 0 spiro atoms. The number of esters is 2. The largest absolute Gasteiger partial charge is 0.511 e. The van der Waals surface area contributed by atoms with Crippen LogP contribution < -0.4 is 9.46 Å². The lowest BCUT2D eigenvalue weighted by molar-refractivity contribution is -0.147. The molecule has 25 heavy (non-hydrogen) atoms. The van der Waals surface area contributed by atoms with Crippen molar-refractivity contribution < 1.29 is 40.7 Å². The Balaban J connectivity index is 3.27. The van der Waals surface area contributed by atoms with E-state index in [1.54, 1.807) is 0 Å². The lowest BCUT2D eigenvalue weighted by Crippen LogP contribution is -2.44. The number of halogens is 3. The van der Waals surface area contributed by atoms with Gasteiger partial charge < -0.3 is 9.47 Å². The zero-order valence-electron chi connectivity index (χ0n) is 13.5. The molecule has 0 saturated carbocycles. The molecule has 0 bridgehead atoms. The molecule has 1 aromatic rings. The fourth-order valence-electron chi connectivity index (χ4n) is 1.95. The molecule has 0 saturated heterocycles. The van der Waals surface area contributed by atoms with Gasteiger partial charge >= 0.3 is 27.5 Å². The number of hydrogen-bond acceptors (Lipinski definition) is 6. The first-order valence-corrected chi connectivity index (χ1v) is 8.36. The minimum absolute atomic E-state index is 0.0327. The number of rotatable bonds is 6. The Kier molecular flexibility index (Phi) is 6.54. The lowest BCUT2D eigenvalue weighted by atomic mass is 10.0. The monoisotopic (exact) mass is 383 g/mol. The van der Waals surface area contributed by atoms with Gasteiger partial charge in [-0.1, -0.05) is 18.2 Å². The van der Waals surface area contributed by atoms with Gasteiger partial charge in [-0.05, 0) is 13.0 Å². The first kappa shape index (κ1) is 20.9. The molecule has 140 valence electrons. The SMILES string of the molecule is CC(=O)Oc1ccccc1[C@H](OC(C)=O)[C@H](C)NS(=O)(=O)C(F)(F)F. The maximum Gasteiger partial charge on any atom is 0.511 e. The number of nitrogens with one attached hydrogen (secondary N) is 1. The van der Waals surface area contributed by atoms with E-state index >= 15 is 0 Å². The summed E-state index contributed by atoms with van der Waals surface area (Å²) in [7, 11) is -5.67. The molecule has 0 unspecified atom stereocenters. The number of carbonyl (C=O) groups excluding carboxylic acids is 2. The van der Waals surface area contributed by atoms with E-state index in [4.69, 9.17) is 9.47 Å². The van der Waals surface area contributed by atoms with Crippen molar-refractivity contribution in [3.63, 3.8) is 0 Å². The highest BCUT2D eigenvalue weighted by Gasteiger charge is 2.47. The maximum absolute atomic E-state index is 12.5. The molecule has 7 nitrogen and oxygen atoms in total. The summed E-state index contributed by atoms with van der Waals surface area (Å²) in [4.78, 5) is 22.4. The van der Waals surface area contributed by atoms with Gasteiger partial charge in [0.25, 0.3) is 0 Å². The fourth-order valence-corrected chi connectivity index (χ4v) is 2.70. The second kappa shape index (κ2) is 7.83. The summed E-state index contributed by atoms with van der Waals surface area (Å²) >= 11 is 0. The maximum atomic E-state index is 12.5. The third-order valence-corrected chi connectivity index (χ3v) is 4.16. The van der Waals surface area contributed by atoms with Crippen LogP contribution in [0.1, 0.15) is 32.4 Å². The number of ether oxygens (including phenoxy) is 2. The van der Waals surface area contributed by atoms with Crippen LogP contribution in [0, 0.1) is 0 Å². The van der Waals surface area contributed by atoms with Gasteiger partial charge in [0.2, 0.25) is 0 Å². The fraction of sp³-hybridized carbons (Fsp3) is 0.429. The summed E-state index contributed by atoms with van der Waals surface area (Å²) in [6.45, 7) is 3.20. The van der Waals surface area contributed by atoms with Crippen molar-refractivity contribution in [1.29, 1.82) is 0 Å². The molecular weight excluding hydrogens is 367 g/mol. The highest BCUT2D eigenvalue weighted by atomic mass is 32.2. The van der Waals surface area contributed by atoms with Gasteiger partial charge in [0.05, 0.1) is 6.04 Å². The molecule has 11 heteroatoms. The third kappa shape index (κ3) is 5.71. The summed E-state index contributed by atoms with van der Waals surface area (Å²) in [5.41, 5.74) is -5.50. The quantitative estimate of drug-likeness (QED) is 0.596. The zero-order chi connectivity index (χ0) is 19.4. The Labute approximate surface area is 142 Å². The molecule has 1 rings (SSSR count). The summed E-state index contributed by atoms with van der Waals surface area (Å²) < 4.78 is 71.5. The van der Waals surface area contributed by atoms with E-state index in [1.807, 2.05) is 0 Å². The van der Waals surface area contributed by atoms with E-state index in [2.05, 4.69) is 0 Å². The van der Waals surface area contributed by atoms with Gasteiger partial charge in [0, 0.05) is 19.4 Å². The standard InChI is InChI=1S/C14H16F3NO6S/c1-8(18-25(21,22)14(15,16)17)13(24-10(3)20)11-6-4-5-7-12(11)23-9(2)19/h4-8,13,18H,1-3H3/t8-,13+/m0/s1. The molecule has 0 aliphatic carbocycles. The molecule has 0 fully saturated rings. The molecular formula is C14H16F3NO6S. The molecule has 1 aromatic carbocycles. The molecule has 0 amide bonds. The Morgan fingerprint density at radius 2 is 1.68 bits per heavy atom. The Hall–Kier alpha value is -2.14. The van der Waals surface area contributed by atoms with Crippen LogP contribution in [-0.4, -0.2) is 31.9 Å². The number of hydrogen-bond donors (Lipinski definition) is 1. The minimum Gasteiger partial charge on any atom is -0.456 e. The molecule has 1 N–H and O–H groups in total. The minimum atomic E-state index is -5.67. The number of carbonyl (C=O) groups is 2. The number of para-hydroxylation sites is 1. The smallest absolute Gasteiger partial charge is 0.456 e. The van der Waals surface area contributed by atoms with Crippen molar-refractivity contribution in [3.05, 3.63) is 29.8 Å². The lowest BCUT2D eigenvalue weighted by Gasteiger charge is -2.26. The van der Waals surface area contributed by atoms with Gasteiger partial charge in [-0.2, -0.15) is 13.2 Å². The van der Waals surface area contributed by atoms with Gasteiger partial charge in [-0.25, -0.2) is 13.1 Å². The molecule has 0 aliphatic heterocycles. The second-order valence-corrected chi connectivity index (χ2v) is 6.72. The van der Waals surface area contributed by atoms with Crippen LogP contribution in [0.5, 0.6) is 5.75 Å². The van der Waals surface area contributed by atoms with Crippen molar-refractivity contribution in [2.24, 2.45) is 0 Å². The van der Waals surface area contributed by atoms with Crippen molar-refractivity contribution in [3.8, 4) is 5.75 Å². The van der Waals surface area contributed by atoms with Crippen LogP contribution in [0.2, 0.25) is 0 Å². The summed E-state index contributed by atoms with van der Waals surface area (Å²) in [5.74, 6) is -1.64. The van der Waals surface area contributed by atoms with E-state index in [-0.39, 0.29) is 11.3 Å². The van der Waals surface area contributed by atoms with E-state index in [0.29, 0.717) is 0 Å². The van der Waals surface area contributed by atoms with E-state index < -0.39 is 39.6 Å².